The van der Waals surface area contributed by atoms with Crippen LogP contribution in [0.2, 0.25) is 10.0 Å². The topological polar surface area (TPSA) is 86.5 Å². The Kier molecular flexibility index (Phi) is 4.55. The van der Waals surface area contributed by atoms with Crippen molar-refractivity contribution in [2.45, 2.75) is 4.90 Å². The van der Waals surface area contributed by atoms with E-state index in [0.29, 0.717) is 0 Å². The first kappa shape index (κ1) is 16.5. The standard InChI is InChI=1S/C12H6Cl2FNO5S/c13-7-1-4-12(10(5-7)16(17)18)22(19,20)21-11-3-2-8(15)6-9(11)14/h1-6H. The maximum atomic E-state index is 12.9. The Morgan fingerprint density at radius 2 is 1.82 bits per heavy atom. The van der Waals surface area contributed by atoms with E-state index >= 15 is 0 Å². The van der Waals surface area contributed by atoms with E-state index in [4.69, 9.17) is 27.4 Å². The molecule has 0 N–H and O–H groups in total. The van der Waals surface area contributed by atoms with E-state index in [1.54, 1.807) is 0 Å². The summed E-state index contributed by atoms with van der Waals surface area (Å²) in [7, 11) is -4.55. The highest BCUT2D eigenvalue weighted by molar-refractivity contribution is 7.87. The molecule has 10 heteroatoms. The molecule has 0 radical (unpaired) electrons. The molecule has 0 heterocycles. The van der Waals surface area contributed by atoms with E-state index in [9.17, 15) is 22.9 Å². The van der Waals surface area contributed by atoms with Gasteiger partial charge in [0.2, 0.25) is 0 Å². The normalized spacial score (nSPS) is 11.2. The second-order valence-corrected chi connectivity index (χ2v) is 6.34. The molecule has 2 rings (SSSR count). The molecule has 2 aromatic rings. The van der Waals surface area contributed by atoms with Crippen molar-refractivity contribution in [3.8, 4) is 5.75 Å². The van der Waals surface area contributed by atoms with Gasteiger partial charge >= 0.3 is 10.1 Å². The summed E-state index contributed by atoms with van der Waals surface area (Å²) in [5.74, 6) is -1.04. The summed E-state index contributed by atoms with van der Waals surface area (Å²) < 4.78 is 42.0. The molecular weight excluding hydrogens is 360 g/mol. The van der Waals surface area contributed by atoms with Gasteiger partial charge in [0.15, 0.2) is 10.6 Å². The first-order chi connectivity index (χ1) is 10.2. The first-order valence-corrected chi connectivity index (χ1v) is 7.70. The van der Waals surface area contributed by atoms with E-state index in [1.807, 2.05) is 0 Å². The summed E-state index contributed by atoms with van der Waals surface area (Å²) in [6.07, 6.45) is 0. The van der Waals surface area contributed by atoms with E-state index in [1.165, 1.54) is 0 Å². The minimum absolute atomic E-state index is 0.00883. The molecule has 0 fully saturated rings. The summed E-state index contributed by atoms with van der Waals surface area (Å²) in [5.41, 5.74) is -0.745. The summed E-state index contributed by atoms with van der Waals surface area (Å²) in [5, 5.41) is 10.6. The molecule has 0 amide bonds. The van der Waals surface area contributed by atoms with Crippen LogP contribution in [0.1, 0.15) is 0 Å². The van der Waals surface area contributed by atoms with Gasteiger partial charge in [0.05, 0.1) is 9.95 Å². The highest BCUT2D eigenvalue weighted by Gasteiger charge is 2.28. The molecule has 0 aliphatic heterocycles. The molecule has 6 nitrogen and oxygen atoms in total. The van der Waals surface area contributed by atoms with Crippen LogP contribution in [0.15, 0.2) is 41.3 Å². The Hall–Kier alpha value is -1.90. The minimum Gasteiger partial charge on any atom is -0.377 e. The van der Waals surface area contributed by atoms with Crippen molar-refractivity contribution in [3.05, 3.63) is 62.4 Å². The van der Waals surface area contributed by atoms with Crippen molar-refractivity contribution < 1.29 is 21.9 Å². The average molecular weight is 366 g/mol. The molecule has 0 saturated heterocycles. The third kappa shape index (κ3) is 3.46. The van der Waals surface area contributed by atoms with Gasteiger partial charge in [0.1, 0.15) is 5.82 Å². The van der Waals surface area contributed by atoms with Gasteiger partial charge in [-0.25, -0.2) is 4.39 Å². The number of nitro benzene ring substituents is 1. The van der Waals surface area contributed by atoms with E-state index < -0.39 is 31.4 Å². The molecule has 0 saturated carbocycles. The molecular formula is C12H6Cl2FNO5S. The van der Waals surface area contributed by atoms with Crippen LogP contribution in [-0.4, -0.2) is 13.3 Å². The van der Waals surface area contributed by atoms with Gasteiger partial charge in [-0.3, -0.25) is 10.1 Å². The molecule has 2 aromatic carbocycles. The fourth-order valence-corrected chi connectivity index (χ4v) is 3.06. The van der Waals surface area contributed by atoms with Crippen LogP contribution in [0.25, 0.3) is 0 Å². The van der Waals surface area contributed by atoms with Crippen LogP contribution < -0.4 is 4.18 Å². The van der Waals surface area contributed by atoms with Gasteiger partial charge in [-0.05, 0) is 30.3 Å². The lowest BCUT2D eigenvalue weighted by Gasteiger charge is -2.09. The summed E-state index contributed by atoms with van der Waals surface area (Å²) >= 11 is 11.3. The van der Waals surface area contributed by atoms with Crippen LogP contribution in [0.5, 0.6) is 5.75 Å². The maximum Gasteiger partial charge on any atom is 0.346 e. The summed E-state index contributed by atoms with van der Waals surface area (Å²) in [6, 6.07) is 5.76. The Morgan fingerprint density at radius 3 is 2.41 bits per heavy atom. The number of halogens is 3. The third-order valence-electron chi connectivity index (χ3n) is 2.48. The quantitative estimate of drug-likeness (QED) is 0.467. The van der Waals surface area contributed by atoms with Gasteiger partial charge in [-0.15, -0.1) is 0 Å². The molecule has 22 heavy (non-hydrogen) atoms. The van der Waals surface area contributed by atoms with E-state index in [0.717, 1.165) is 36.4 Å². The second kappa shape index (κ2) is 6.07. The van der Waals surface area contributed by atoms with E-state index in [-0.39, 0.29) is 15.8 Å². The van der Waals surface area contributed by atoms with Crippen LogP contribution in [0, 0.1) is 15.9 Å². The average Bonchev–Trinajstić information content (AvgIpc) is 2.41. The molecule has 116 valence electrons. The predicted octanol–water partition coefficient (Wildman–Crippen LogP) is 3.81. The van der Waals surface area contributed by atoms with Gasteiger partial charge in [-0.1, -0.05) is 23.2 Å². The maximum absolute atomic E-state index is 12.9. The van der Waals surface area contributed by atoms with Gasteiger partial charge in [-0.2, -0.15) is 8.42 Å². The molecule has 0 spiro atoms. The Labute approximate surface area is 134 Å². The monoisotopic (exact) mass is 365 g/mol. The first-order valence-electron chi connectivity index (χ1n) is 5.54. The number of hydrogen-bond acceptors (Lipinski definition) is 5. The van der Waals surface area contributed by atoms with Crippen LogP contribution >= 0.6 is 23.2 Å². The lowest BCUT2D eigenvalue weighted by atomic mass is 10.3. The zero-order chi connectivity index (χ0) is 16.5. The number of benzene rings is 2. The summed E-state index contributed by atoms with van der Waals surface area (Å²) in [6.45, 7) is 0. The number of nitrogens with zero attached hydrogens (tertiary/aromatic N) is 1. The third-order valence-corrected chi connectivity index (χ3v) is 4.29. The van der Waals surface area contributed by atoms with Crippen molar-refractivity contribution in [2.24, 2.45) is 0 Å². The largest absolute Gasteiger partial charge is 0.377 e. The molecule has 0 aliphatic rings. The fraction of sp³-hybridized carbons (Fsp3) is 0. The number of hydrogen-bond donors (Lipinski definition) is 0. The molecule has 0 aromatic heterocycles. The smallest absolute Gasteiger partial charge is 0.346 e. The van der Waals surface area contributed by atoms with Crippen molar-refractivity contribution in [1.29, 1.82) is 0 Å². The fourth-order valence-electron chi connectivity index (χ4n) is 1.55. The highest BCUT2D eigenvalue weighted by Crippen LogP contribution is 2.32. The Morgan fingerprint density at radius 1 is 1.14 bits per heavy atom. The highest BCUT2D eigenvalue weighted by atomic mass is 35.5. The van der Waals surface area contributed by atoms with E-state index in [2.05, 4.69) is 0 Å². The number of nitro groups is 1. The Balaban J connectivity index is 2.49. The van der Waals surface area contributed by atoms with Crippen molar-refractivity contribution >= 4 is 39.0 Å². The van der Waals surface area contributed by atoms with Gasteiger partial charge < -0.3 is 4.18 Å². The molecule has 0 aliphatic carbocycles. The lowest BCUT2D eigenvalue weighted by molar-refractivity contribution is -0.387. The predicted molar refractivity (Wildman–Crippen MR) is 77.3 cm³/mol. The summed E-state index contributed by atoms with van der Waals surface area (Å²) in [4.78, 5) is 9.34. The van der Waals surface area contributed by atoms with Crippen molar-refractivity contribution in [3.63, 3.8) is 0 Å². The molecule has 0 bridgehead atoms. The SMILES string of the molecule is O=[N+]([O-])c1cc(Cl)ccc1S(=O)(=O)Oc1ccc(F)cc1Cl. The molecule has 0 atom stereocenters. The minimum atomic E-state index is -4.55. The van der Waals surface area contributed by atoms with Crippen molar-refractivity contribution in [1.82, 2.24) is 0 Å². The van der Waals surface area contributed by atoms with Crippen LogP contribution in [0.4, 0.5) is 10.1 Å². The molecule has 0 unspecified atom stereocenters. The van der Waals surface area contributed by atoms with Gasteiger partial charge in [0, 0.05) is 11.1 Å². The van der Waals surface area contributed by atoms with Crippen LogP contribution in [0.3, 0.4) is 0 Å². The number of rotatable bonds is 4. The zero-order valence-corrected chi connectivity index (χ0v) is 12.8. The zero-order valence-electron chi connectivity index (χ0n) is 10.5. The lowest BCUT2D eigenvalue weighted by Crippen LogP contribution is -2.12. The Bertz CT molecular complexity index is 857. The second-order valence-electron chi connectivity index (χ2n) is 3.98. The van der Waals surface area contributed by atoms with Crippen molar-refractivity contribution in [2.75, 3.05) is 0 Å². The van der Waals surface area contributed by atoms with Gasteiger partial charge in [0.25, 0.3) is 5.69 Å². The van der Waals surface area contributed by atoms with Crippen LogP contribution in [-0.2, 0) is 10.1 Å².